The minimum atomic E-state index is 0.638. The Labute approximate surface area is 87.5 Å². The van der Waals surface area contributed by atoms with Crippen LogP contribution in [0.2, 0.25) is 0 Å². The van der Waals surface area contributed by atoms with Gasteiger partial charge in [-0.25, -0.2) is 4.98 Å². The molecule has 0 fully saturated rings. The molecule has 0 saturated carbocycles. The van der Waals surface area contributed by atoms with Crippen molar-refractivity contribution in [2.75, 3.05) is 5.73 Å². The van der Waals surface area contributed by atoms with Crippen LogP contribution in [0.5, 0.6) is 0 Å². The number of nitrogen functional groups attached to an aromatic ring is 1. The van der Waals surface area contributed by atoms with Crippen molar-refractivity contribution in [3.8, 4) is 11.4 Å². The summed E-state index contributed by atoms with van der Waals surface area (Å²) in [5.74, 6) is 0.638. The summed E-state index contributed by atoms with van der Waals surface area (Å²) in [7, 11) is 1.81. The Morgan fingerprint density at radius 2 is 2.31 bits per heavy atom. The number of aromatic nitrogens is 3. The molecule has 6 heteroatoms. The number of anilines is 1. The van der Waals surface area contributed by atoms with E-state index in [2.05, 4.69) is 26.0 Å². The lowest BCUT2D eigenvalue weighted by Crippen LogP contribution is -1.96. The van der Waals surface area contributed by atoms with Gasteiger partial charge < -0.3 is 5.73 Å². The molecule has 0 atom stereocenters. The fourth-order valence-corrected chi connectivity index (χ4v) is 1.98. The Morgan fingerprint density at radius 1 is 1.54 bits per heavy atom. The first-order valence-electron chi connectivity index (χ1n) is 3.58. The molecule has 0 aliphatic rings. The Hall–Kier alpha value is -0.880. The lowest BCUT2D eigenvalue weighted by atomic mass is 10.3. The molecular formula is C7H7BrN4S. The van der Waals surface area contributed by atoms with Crippen LogP contribution in [-0.2, 0) is 7.05 Å². The fraction of sp³-hybridized carbons (Fsp3) is 0.143. The summed E-state index contributed by atoms with van der Waals surface area (Å²) >= 11 is 4.83. The molecule has 0 radical (unpaired) electrons. The standard InChI is InChI=1S/C7H7BrN4S/c1-12-6(9)2-4(11-12)5-3-13-7(8)10-5/h2-3H,9H2,1H3. The molecule has 13 heavy (non-hydrogen) atoms. The molecule has 0 spiro atoms. The van der Waals surface area contributed by atoms with Crippen molar-refractivity contribution in [1.29, 1.82) is 0 Å². The normalized spacial score (nSPS) is 10.6. The van der Waals surface area contributed by atoms with E-state index in [0.29, 0.717) is 5.82 Å². The molecule has 2 rings (SSSR count). The van der Waals surface area contributed by atoms with E-state index in [1.807, 2.05) is 11.4 Å². The molecule has 0 saturated heterocycles. The van der Waals surface area contributed by atoms with Crippen molar-refractivity contribution in [1.82, 2.24) is 14.8 Å². The van der Waals surface area contributed by atoms with Crippen LogP contribution in [0.3, 0.4) is 0 Å². The van der Waals surface area contributed by atoms with Gasteiger partial charge in [0.1, 0.15) is 17.2 Å². The minimum Gasteiger partial charge on any atom is -0.384 e. The third kappa shape index (κ3) is 1.59. The van der Waals surface area contributed by atoms with Crippen molar-refractivity contribution in [2.45, 2.75) is 0 Å². The van der Waals surface area contributed by atoms with Gasteiger partial charge >= 0.3 is 0 Å². The minimum absolute atomic E-state index is 0.638. The number of nitrogens with two attached hydrogens (primary N) is 1. The second-order valence-electron chi connectivity index (χ2n) is 2.56. The number of nitrogens with zero attached hydrogens (tertiary/aromatic N) is 3. The van der Waals surface area contributed by atoms with Gasteiger partial charge in [0.05, 0.1) is 0 Å². The average Bonchev–Trinajstić information content (AvgIpc) is 2.61. The van der Waals surface area contributed by atoms with Gasteiger partial charge in [-0.05, 0) is 15.9 Å². The van der Waals surface area contributed by atoms with Gasteiger partial charge in [0.25, 0.3) is 0 Å². The monoisotopic (exact) mass is 258 g/mol. The van der Waals surface area contributed by atoms with Gasteiger partial charge in [0, 0.05) is 18.5 Å². The predicted octanol–water partition coefficient (Wildman–Crippen LogP) is 1.89. The van der Waals surface area contributed by atoms with Crippen molar-refractivity contribution in [3.05, 3.63) is 15.4 Å². The van der Waals surface area contributed by atoms with Crippen LogP contribution in [-0.4, -0.2) is 14.8 Å². The quantitative estimate of drug-likeness (QED) is 0.850. The van der Waals surface area contributed by atoms with E-state index in [-0.39, 0.29) is 0 Å². The van der Waals surface area contributed by atoms with E-state index < -0.39 is 0 Å². The van der Waals surface area contributed by atoms with Gasteiger partial charge in [-0.1, -0.05) is 0 Å². The molecule has 0 amide bonds. The Bertz CT molecular complexity index is 414. The maximum atomic E-state index is 5.65. The Morgan fingerprint density at radius 3 is 2.77 bits per heavy atom. The van der Waals surface area contributed by atoms with E-state index in [9.17, 15) is 0 Å². The summed E-state index contributed by atoms with van der Waals surface area (Å²) in [5, 5.41) is 6.15. The largest absolute Gasteiger partial charge is 0.384 e. The highest BCUT2D eigenvalue weighted by Gasteiger charge is 2.07. The van der Waals surface area contributed by atoms with Crippen molar-refractivity contribution in [2.24, 2.45) is 7.05 Å². The third-order valence-electron chi connectivity index (χ3n) is 1.65. The fourth-order valence-electron chi connectivity index (χ4n) is 0.976. The molecule has 0 aliphatic carbocycles. The molecule has 2 heterocycles. The molecular weight excluding hydrogens is 252 g/mol. The molecule has 0 unspecified atom stereocenters. The smallest absolute Gasteiger partial charge is 0.159 e. The van der Waals surface area contributed by atoms with E-state index >= 15 is 0 Å². The first-order valence-corrected chi connectivity index (χ1v) is 5.25. The highest BCUT2D eigenvalue weighted by atomic mass is 79.9. The molecule has 4 nitrogen and oxygen atoms in total. The van der Waals surface area contributed by atoms with Crippen LogP contribution in [0.25, 0.3) is 11.4 Å². The third-order valence-corrected chi connectivity index (χ3v) is 3.02. The number of halogens is 1. The molecule has 68 valence electrons. The summed E-state index contributed by atoms with van der Waals surface area (Å²) in [6.45, 7) is 0. The number of hydrogen-bond donors (Lipinski definition) is 1. The summed E-state index contributed by atoms with van der Waals surface area (Å²) in [5.41, 5.74) is 7.31. The Kier molecular flexibility index (Phi) is 2.09. The zero-order chi connectivity index (χ0) is 9.42. The number of rotatable bonds is 1. The van der Waals surface area contributed by atoms with Crippen LogP contribution in [0.4, 0.5) is 5.82 Å². The zero-order valence-electron chi connectivity index (χ0n) is 6.86. The van der Waals surface area contributed by atoms with Crippen LogP contribution in [0.15, 0.2) is 15.4 Å². The molecule has 2 N–H and O–H groups in total. The number of thiazole rings is 1. The zero-order valence-corrected chi connectivity index (χ0v) is 9.26. The van der Waals surface area contributed by atoms with Crippen LogP contribution in [0.1, 0.15) is 0 Å². The van der Waals surface area contributed by atoms with Gasteiger partial charge in [-0.3, -0.25) is 4.68 Å². The van der Waals surface area contributed by atoms with Gasteiger partial charge in [0.2, 0.25) is 0 Å². The topological polar surface area (TPSA) is 56.7 Å². The molecule has 0 aromatic carbocycles. The summed E-state index contributed by atoms with van der Waals surface area (Å²) in [4.78, 5) is 4.24. The van der Waals surface area contributed by atoms with E-state index in [0.717, 1.165) is 15.3 Å². The second kappa shape index (κ2) is 3.12. The van der Waals surface area contributed by atoms with Crippen LogP contribution < -0.4 is 5.73 Å². The lowest BCUT2D eigenvalue weighted by molar-refractivity contribution is 0.781. The van der Waals surface area contributed by atoms with E-state index in [1.165, 1.54) is 11.3 Å². The van der Waals surface area contributed by atoms with Gasteiger partial charge in [-0.15, -0.1) is 11.3 Å². The molecule has 0 bridgehead atoms. The van der Waals surface area contributed by atoms with Gasteiger partial charge in [-0.2, -0.15) is 5.10 Å². The van der Waals surface area contributed by atoms with Gasteiger partial charge in [0.15, 0.2) is 3.92 Å². The van der Waals surface area contributed by atoms with E-state index in [1.54, 1.807) is 11.7 Å². The highest BCUT2D eigenvalue weighted by molar-refractivity contribution is 9.11. The van der Waals surface area contributed by atoms with Crippen LogP contribution in [0, 0.1) is 0 Å². The van der Waals surface area contributed by atoms with Crippen molar-refractivity contribution in [3.63, 3.8) is 0 Å². The van der Waals surface area contributed by atoms with E-state index in [4.69, 9.17) is 5.73 Å². The average molecular weight is 259 g/mol. The SMILES string of the molecule is Cn1nc(-c2csc(Br)n2)cc1N. The molecule has 0 aliphatic heterocycles. The predicted molar refractivity (Wildman–Crippen MR) is 56.4 cm³/mol. The van der Waals surface area contributed by atoms with Crippen LogP contribution >= 0.6 is 27.3 Å². The maximum Gasteiger partial charge on any atom is 0.159 e. The second-order valence-corrected chi connectivity index (χ2v) is 4.70. The Balaban J connectivity index is 2.46. The maximum absolute atomic E-state index is 5.65. The summed E-state index contributed by atoms with van der Waals surface area (Å²) in [6.07, 6.45) is 0. The number of aryl methyl sites for hydroxylation is 1. The summed E-state index contributed by atoms with van der Waals surface area (Å²) in [6, 6.07) is 1.81. The van der Waals surface area contributed by atoms with Crippen molar-refractivity contribution >= 4 is 33.1 Å². The molecule has 2 aromatic heterocycles. The van der Waals surface area contributed by atoms with Crippen molar-refractivity contribution < 1.29 is 0 Å². The lowest BCUT2D eigenvalue weighted by Gasteiger charge is -1.88. The first-order chi connectivity index (χ1) is 6.16. The summed E-state index contributed by atoms with van der Waals surface area (Å²) < 4.78 is 2.48. The first kappa shape index (κ1) is 8.71. The highest BCUT2D eigenvalue weighted by Crippen LogP contribution is 2.24. The number of hydrogen-bond acceptors (Lipinski definition) is 4. The molecule has 2 aromatic rings.